The van der Waals surface area contributed by atoms with Crippen molar-refractivity contribution >= 4 is 16.9 Å². The molecule has 0 spiro atoms. The van der Waals surface area contributed by atoms with Crippen molar-refractivity contribution in [1.29, 1.82) is 0 Å². The molecule has 0 aliphatic rings. The minimum absolute atomic E-state index is 0.181. The highest BCUT2D eigenvalue weighted by molar-refractivity contribution is 5.97. The average Bonchev–Trinajstić information content (AvgIpc) is 2.81. The van der Waals surface area contributed by atoms with Crippen molar-refractivity contribution in [3.05, 3.63) is 23.8 Å². The largest absolute Gasteiger partial charge is 0.387 e. The molecule has 0 aliphatic carbocycles. The quantitative estimate of drug-likeness (QED) is 0.715. The van der Waals surface area contributed by atoms with Gasteiger partial charge in [0.05, 0.1) is 5.60 Å². The van der Waals surface area contributed by atoms with Crippen molar-refractivity contribution < 1.29 is 9.90 Å². The van der Waals surface area contributed by atoms with Crippen LogP contribution in [-0.4, -0.2) is 64.1 Å². The fraction of sp³-hybridized carbons (Fsp3) is 0.462. The predicted octanol–water partition coefficient (Wildman–Crippen LogP) is 0.000300. The molecule has 3 N–H and O–H groups in total. The standard InChI is InChI=1S/C13H19N5O2/c1-13(20,8-18(2)3)7-14-12(19)9-4-5-10-11(6-9)16-17-15-10/h4-6,20H,7-8H2,1-3H3,(H,14,19)(H,15,16,17). The summed E-state index contributed by atoms with van der Waals surface area (Å²) in [4.78, 5) is 13.9. The van der Waals surface area contributed by atoms with Crippen molar-refractivity contribution in [3.63, 3.8) is 0 Å². The van der Waals surface area contributed by atoms with Crippen molar-refractivity contribution in [2.24, 2.45) is 0 Å². The number of benzene rings is 1. The Hall–Kier alpha value is -1.99. The van der Waals surface area contributed by atoms with E-state index in [0.29, 0.717) is 23.1 Å². The number of carbonyl (C=O) groups is 1. The van der Waals surface area contributed by atoms with Gasteiger partial charge in [0.1, 0.15) is 11.0 Å². The fourth-order valence-corrected chi connectivity index (χ4v) is 2.09. The Kier molecular flexibility index (Phi) is 4.01. The highest BCUT2D eigenvalue weighted by Gasteiger charge is 2.22. The van der Waals surface area contributed by atoms with Gasteiger partial charge < -0.3 is 15.3 Å². The third kappa shape index (κ3) is 3.52. The summed E-state index contributed by atoms with van der Waals surface area (Å²) in [7, 11) is 3.74. The third-order valence-corrected chi connectivity index (χ3v) is 2.87. The van der Waals surface area contributed by atoms with Gasteiger partial charge in [0.2, 0.25) is 0 Å². The number of H-pyrrole nitrogens is 1. The number of hydrogen-bond acceptors (Lipinski definition) is 5. The van der Waals surface area contributed by atoms with Gasteiger partial charge in [-0.2, -0.15) is 15.4 Å². The topological polar surface area (TPSA) is 94.1 Å². The van der Waals surface area contributed by atoms with E-state index in [-0.39, 0.29) is 12.5 Å². The van der Waals surface area contributed by atoms with Crippen molar-refractivity contribution in [1.82, 2.24) is 25.6 Å². The Balaban J connectivity index is 2.01. The third-order valence-electron chi connectivity index (χ3n) is 2.87. The van der Waals surface area contributed by atoms with Crippen LogP contribution in [0.2, 0.25) is 0 Å². The number of aromatic nitrogens is 3. The summed E-state index contributed by atoms with van der Waals surface area (Å²) in [5.41, 5.74) is 0.864. The Morgan fingerprint density at radius 2 is 2.10 bits per heavy atom. The molecule has 108 valence electrons. The predicted molar refractivity (Wildman–Crippen MR) is 75.4 cm³/mol. The number of hydrogen-bond donors (Lipinski definition) is 3. The van der Waals surface area contributed by atoms with Crippen molar-refractivity contribution in [2.75, 3.05) is 27.2 Å². The monoisotopic (exact) mass is 277 g/mol. The van der Waals surface area contributed by atoms with Crippen molar-refractivity contribution in [2.45, 2.75) is 12.5 Å². The first kappa shape index (κ1) is 14.4. The molecule has 7 heteroatoms. The summed E-state index contributed by atoms with van der Waals surface area (Å²) in [6.07, 6.45) is 0. The average molecular weight is 277 g/mol. The van der Waals surface area contributed by atoms with Crippen LogP contribution in [0.3, 0.4) is 0 Å². The van der Waals surface area contributed by atoms with Crippen LogP contribution in [0.5, 0.6) is 0 Å². The molecule has 7 nitrogen and oxygen atoms in total. The van der Waals surface area contributed by atoms with E-state index < -0.39 is 5.60 Å². The van der Waals surface area contributed by atoms with Crippen LogP contribution in [0.4, 0.5) is 0 Å². The first-order valence-corrected chi connectivity index (χ1v) is 6.33. The number of nitrogens with zero attached hydrogens (tertiary/aromatic N) is 3. The first-order valence-electron chi connectivity index (χ1n) is 6.33. The molecule has 2 aromatic rings. The van der Waals surface area contributed by atoms with Crippen LogP contribution in [0.25, 0.3) is 11.0 Å². The Bertz CT molecular complexity index is 606. The zero-order valence-corrected chi connectivity index (χ0v) is 11.8. The zero-order chi connectivity index (χ0) is 14.8. The van der Waals surface area contributed by atoms with E-state index in [1.54, 1.807) is 25.1 Å². The number of likely N-dealkylation sites (N-methyl/N-ethyl adjacent to an activating group) is 1. The van der Waals surface area contributed by atoms with Gasteiger partial charge in [0, 0.05) is 18.7 Å². The van der Waals surface area contributed by atoms with E-state index in [9.17, 15) is 9.90 Å². The zero-order valence-electron chi connectivity index (χ0n) is 11.8. The molecule has 1 heterocycles. The van der Waals surface area contributed by atoms with Crippen LogP contribution in [0.1, 0.15) is 17.3 Å². The number of amides is 1. The minimum Gasteiger partial charge on any atom is -0.387 e. The summed E-state index contributed by atoms with van der Waals surface area (Å²) >= 11 is 0. The molecular weight excluding hydrogens is 258 g/mol. The van der Waals surface area contributed by atoms with E-state index in [1.165, 1.54) is 0 Å². The highest BCUT2D eigenvalue weighted by atomic mass is 16.3. The molecule has 0 bridgehead atoms. The van der Waals surface area contributed by atoms with Gasteiger partial charge in [-0.1, -0.05) is 0 Å². The number of aliphatic hydroxyl groups is 1. The Morgan fingerprint density at radius 3 is 2.80 bits per heavy atom. The van der Waals surface area contributed by atoms with E-state index in [1.807, 2.05) is 19.0 Å². The Labute approximate surface area is 117 Å². The Morgan fingerprint density at radius 1 is 1.40 bits per heavy atom. The molecule has 0 aliphatic heterocycles. The van der Waals surface area contributed by atoms with E-state index in [4.69, 9.17) is 0 Å². The van der Waals surface area contributed by atoms with Gasteiger partial charge in [0.15, 0.2) is 0 Å². The van der Waals surface area contributed by atoms with Crippen LogP contribution >= 0.6 is 0 Å². The molecule has 1 aromatic carbocycles. The van der Waals surface area contributed by atoms with Crippen LogP contribution in [-0.2, 0) is 0 Å². The SMILES string of the molecule is CN(C)CC(C)(O)CNC(=O)c1ccc2n[nH]nc2c1. The molecule has 0 fully saturated rings. The van der Waals surface area contributed by atoms with Crippen molar-refractivity contribution in [3.8, 4) is 0 Å². The molecule has 1 atom stereocenters. The van der Waals surface area contributed by atoms with E-state index >= 15 is 0 Å². The lowest BCUT2D eigenvalue weighted by atomic mass is 10.1. The van der Waals surface area contributed by atoms with Gasteiger partial charge in [-0.15, -0.1) is 0 Å². The smallest absolute Gasteiger partial charge is 0.251 e. The number of aromatic amines is 1. The van der Waals surface area contributed by atoms with Crippen LogP contribution < -0.4 is 5.32 Å². The lowest BCUT2D eigenvalue weighted by Crippen LogP contribution is -2.47. The molecule has 0 radical (unpaired) electrons. The number of rotatable bonds is 5. The van der Waals surface area contributed by atoms with Gasteiger partial charge in [0.25, 0.3) is 5.91 Å². The maximum atomic E-state index is 12.0. The second-order valence-electron chi connectivity index (χ2n) is 5.44. The maximum Gasteiger partial charge on any atom is 0.251 e. The van der Waals surface area contributed by atoms with E-state index in [2.05, 4.69) is 20.7 Å². The molecule has 1 aromatic heterocycles. The van der Waals surface area contributed by atoms with Gasteiger partial charge >= 0.3 is 0 Å². The molecule has 1 amide bonds. The molecule has 0 saturated heterocycles. The van der Waals surface area contributed by atoms with Gasteiger partial charge in [-0.25, -0.2) is 0 Å². The molecule has 0 saturated carbocycles. The number of nitrogens with one attached hydrogen (secondary N) is 2. The minimum atomic E-state index is -0.975. The molecule has 20 heavy (non-hydrogen) atoms. The fourth-order valence-electron chi connectivity index (χ4n) is 2.09. The van der Waals surface area contributed by atoms with E-state index in [0.717, 1.165) is 0 Å². The van der Waals surface area contributed by atoms with Gasteiger partial charge in [-0.3, -0.25) is 4.79 Å². The lowest BCUT2D eigenvalue weighted by molar-refractivity contribution is 0.0326. The second kappa shape index (κ2) is 5.56. The second-order valence-corrected chi connectivity index (χ2v) is 5.44. The number of fused-ring (bicyclic) bond motifs is 1. The van der Waals surface area contributed by atoms with Gasteiger partial charge in [-0.05, 0) is 39.2 Å². The lowest BCUT2D eigenvalue weighted by Gasteiger charge is -2.27. The highest BCUT2D eigenvalue weighted by Crippen LogP contribution is 2.11. The first-order chi connectivity index (χ1) is 9.37. The molecule has 1 unspecified atom stereocenters. The molecule has 2 rings (SSSR count). The summed E-state index contributed by atoms with van der Waals surface area (Å²) in [5.74, 6) is -0.242. The van der Waals surface area contributed by atoms with Crippen LogP contribution in [0.15, 0.2) is 18.2 Å². The maximum absolute atomic E-state index is 12.0. The number of carbonyl (C=O) groups excluding carboxylic acids is 1. The summed E-state index contributed by atoms with van der Waals surface area (Å²) in [5, 5.41) is 23.2. The summed E-state index contributed by atoms with van der Waals surface area (Å²) in [6, 6.07) is 5.07. The normalized spacial score (nSPS) is 14.4. The molecular formula is C13H19N5O2. The summed E-state index contributed by atoms with van der Waals surface area (Å²) < 4.78 is 0. The van der Waals surface area contributed by atoms with Crippen LogP contribution in [0, 0.1) is 0 Å². The summed E-state index contributed by atoms with van der Waals surface area (Å²) in [6.45, 7) is 2.34.